The Hall–Kier alpha value is -2.66. The molecule has 0 fully saturated rings. The highest BCUT2D eigenvalue weighted by Crippen LogP contribution is 2.26. The monoisotopic (exact) mass is 356 g/mol. The van der Waals surface area contributed by atoms with E-state index in [1.165, 1.54) is 0 Å². The molecule has 0 atom stereocenters. The lowest BCUT2D eigenvalue weighted by molar-refractivity contribution is -0.134. The molecule has 0 N–H and O–H groups in total. The van der Waals surface area contributed by atoms with E-state index in [0.717, 1.165) is 16.7 Å². The molecule has 0 radical (unpaired) electrons. The number of nitrogens with zero attached hydrogens (tertiary/aromatic N) is 2. The summed E-state index contributed by atoms with van der Waals surface area (Å²) in [6.45, 7) is 3.91. The van der Waals surface area contributed by atoms with E-state index in [-0.39, 0.29) is 6.42 Å². The number of esters is 1. The van der Waals surface area contributed by atoms with Crippen molar-refractivity contribution in [2.75, 3.05) is 0 Å². The van der Waals surface area contributed by atoms with E-state index in [9.17, 15) is 4.79 Å². The summed E-state index contributed by atoms with van der Waals surface area (Å²) in [7, 11) is 0. The van der Waals surface area contributed by atoms with Crippen LogP contribution in [0.15, 0.2) is 46.9 Å². The number of carbonyl (C=O) groups is 1. The Kier molecular flexibility index (Phi) is 5.14. The van der Waals surface area contributed by atoms with Gasteiger partial charge >= 0.3 is 5.97 Å². The predicted octanol–water partition coefficient (Wildman–Crippen LogP) is 4.55. The molecule has 6 heteroatoms. The van der Waals surface area contributed by atoms with Crippen molar-refractivity contribution >= 4 is 17.6 Å². The molecule has 3 rings (SSSR count). The molecule has 0 bridgehead atoms. The van der Waals surface area contributed by atoms with Crippen molar-refractivity contribution in [1.29, 1.82) is 0 Å². The summed E-state index contributed by atoms with van der Waals surface area (Å²) in [5.74, 6) is 0.785. The van der Waals surface area contributed by atoms with E-state index in [1.54, 1.807) is 12.1 Å². The largest absolute Gasteiger partial charge is 0.425 e. The zero-order chi connectivity index (χ0) is 17.8. The molecule has 0 amide bonds. The van der Waals surface area contributed by atoms with Crippen molar-refractivity contribution in [3.63, 3.8) is 0 Å². The summed E-state index contributed by atoms with van der Waals surface area (Å²) in [4.78, 5) is 12.0. The third-order valence-corrected chi connectivity index (χ3v) is 3.93. The molecule has 3 aromatic rings. The second-order valence-electron chi connectivity index (χ2n) is 5.77. The molecule has 5 nitrogen and oxygen atoms in total. The van der Waals surface area contributed by atoms with Gasteiger partial charge in [0.1, 0.15) is 5.75 Å². The van der Waals surface area contributed by atoms with Gasteiger partial charge in [0.15, 0.2) is 0 Å². The lowest BCUT2D eigenvalue weighted by atomic mass is 10.1. The summed E-state index contributed by atoms with van der Waals surface area (Å²) in [6.07, 6.45) is 0.431. The van der Waals surface area contributed by atoms with Crippen LogP contribution in [0.5, 0.6) is 5.75 Å². The first-order valence-corrected chi connectivity index (χ1v) is 8.25. The van der Waals surface area contributed by atoms with Gasteiger partial charge in [0.25, 0.3) is 0 Å². The molecule has 128 valence electrons. The van der Waals surface area contributed by atoms with Crippen LogP contribution in [-0.4, -0.2) is 16.2 Å². The molecular formula is C19H17ClN2O3. The number of aryl methyl sites for hydroxylation is 3. The molecule has 0 saturated carbocycles. The first-order chi connectivity index (χ1) is 12.0. The van der Waals surface area contributed by atoms with Crippen molar-refractivity contribution in [1.82, 2.24) is 10.2 Å². The molecule has 1 heterocycles. The molecule has 0 saturated heterocycles. The van der Waals surface area contributed by atoms with Gasteiger partial charge in [-0.1, -0.05) is 35.4 Å². The lowest BCUT2D eigenvalue weighted by Crippen LogP contribution is -2.09. The van der Waals surface area contributed by atoms with E-state index in [0.29, 0.717) is 29.0 Å². The van der Waals surface area contributed by atoms with E-state index < -0.39 is 5.97 Å². The molecule has 0 aliphatic rings. The maximum atomic E-state index is 12.0. The van der Waals surface area contributed by atoms with Gasteiger partial charge in [0.2, 0.25) is 11.8 Å². The first kappa shape index (κ1) is 17.2. The second-order valence-corrected chi connectivity index (χ2v) is 6.18. The minimum Gasteiger partial charge on any atom is -0.425 e. The third kappa shape index (κ3) is 4.45. The zero-order valence-electron chi connectivity index (χ0n) is 14.0. The van der Waals surface area contributed by atoms with Gasteiger partial charge in [0, 0.05) is 12.0 Å². The quantitative estimate of drug-likeness (QED) is 0.496. The highest BCUT2D eigenvalue weighted by Gasteiger charge is 2.13. The van der Waals surface area contributed by atoms with Crippen LogP contribution in [0.1, 0.15) is 23.4 Å². The summed E-state index contributed by atoms with van der Waals surface area (Å²) in [5, 5.41) is 8.39. The van der Waals surface area contributed by atoms with Crippen molar-refractivity contribution in [2.24, 2.45) is 0 Å². The molecule has 0 unspecified atom stereocenters. The average molecular weight is 357 g/mol. The van der Waals surface area contributed by atoms with E-state index in [1.807, 2.05) is 44.2 Å². The maximum Gasteiger partial charge on any atom is 0.311 e. The molecule has 25 heavy (non-hydrogen) atoms. The SMILES string of the molecule is Cc1ccc(-c2nnc(CCC(=O)Oc3cc(C)ccc3Cl)o2)cc1. The maximum absolute atomic E-state index is 12.0. The Labute approximate surface area is 150 Å². The average Bonchev–Trinajstić information content (AvgIpc) is 3.06. The summed E-state index contributed by atoms with van der Waals surface area (Å²) >= 11 is 6.02. The second kappa shape index (κ2) is 7.49. The Balaban J connectivity index is 1.59. The van der Waals surface area contributed by atoms with Crippen LogP contribution in [0.2, 0.25) is 5.02 Å². The molecular weight excluding hydrogens is 340 g/mol. The van der Waals surface area contributed by atoms with Gasteiger partial charge in [-0.2, -0.15) is 0 Å². The van der Waals surface area contributed by atoms with Crippen molar-refractivity contribution in [3.05, 3.63) is 64.5 Å². The predicted molar refractivity (Wildman–Crippen MR) is 94.6 cm³/mol. The van der Waals surface area contributed by atoms with E-state index in [2.05, 4.69) is 10.2 Å². The van der Waals surface area contributed by atoms with Crippen LogP contribution in [0.4, 0.5) is 0 Å². The topological polar surface area (TPSA) is 65.2 Å². The number of carbonyl (C=O) groups excluding carboxylic acids is 1. The number of ether oxygens (including phenoxy) is 1. The fourth-order valence-corrected chi connectivity index (χ4v) is 2.40. The number of halogens is 1. The standard InChI is InChI=1S/C19H17ClN2O3/c1-12-3-6-14(7-4-12)19-22-21-17(25-19)9-10-18(23)24-16-11-13(2)5-8-15(16)20/h3-8,11H,9-10H2,1-2H3. The van der Waals surface area contributed by atoms with Crippen LogP contribution in [0.25, 0.3) is 11.5 Å². The Bertz CT molecular complexity index is 888. The third-order valence-electron chi connectivity index (χ3n) is 3.62. The summed E-state index contributed by atoms with van der Waals surface area (Å²) in [6, 6.07) is 13.1. The number of hydrogen-bond acceptors (Lipinski definition) is 5. The minimum absolute atomic E-state index is 0.125. The van der Waals surface area contributed by atoms with Crippen LogP contribution >= 0.6 is 11.6 Å². The highest BCUT2D eigenvalue weighted by molar-refractivity contribution is 6.32. The van der Waals surface area contributed by atoms with Gasteiger partial charge in [0.05, 0.1) is 11.4 Å². The van der Waals surface area contributed by atoms with Gasteiger partial charge in [-0.25, -0.2) is 0 Å². The molecule has 0 aliphatic carbocycles. The zero-order valence-corrected chi connectivity index (χ0v) is 14.7. The minimum atomic E-state index is -0.400. The van der Waals surface area contributed by atoms with Gasteiger partial charge in [-0.05, 0) is 43.7 Å². The Morgan fingerprint density at radius 3 is 2.56 bits per heavy atom. The normalized spacial score (nSPS) is 10.7. The molecule has 0 spiro atoms. The van der Waals surface area contributed by atoms with Crippen LogP contribution in [0.3, 0.4) is 0 Å². The smallest absolute Gasteiger partial charge is 0.311 e. The van der Waals surface area contributed by atoms with E-state index >= 15 is 0 Å². The Morgan fingerprint density at radius 2 is 1.80 bits per heavy atom. The lowest BCUT2D eigenvalue weighted by Gasteiger charge is -2.06. The first-order valence-electron chi connectivity index (χ1n) is 7.87. The van der Waals surface area contributed by atoms with Crippen LogP contribution < -0.4 is 4.74 Å². The number of hydrogen-bond donors (Lipinski definition) is 0. The Morgan fingerprint density at radius 1 is 1.08 bits per heavy atom. The molecule has 2 aromatic carbocycles. The fraction of sp³-hybridized carbons (Fsp3) is 0.211. The van der Waals surface area contributed by atoms with Gasteiger partial charge in [-0.15, -0.1) is 10.2 Å². The van der Waals surface area contributed by atoms with Crippen LogP contribution in [-0.2, 0) is 11.2 Å². The van der Waals surface area contributed by atoms with Gasteiger partial charge < -0.3 is 9.15 Å². The van der Waals surface area contributed by atoms with Crippen molar-refractivity contribution in [2.45, 2.75) is 26.7 Å². The number of aromatic nitrogens is 2. The van der Waals surface area contributed by atoms with Crippen molar-refractivity contribution < 1.29 is 13.9 Å². The van der Waals surface area contributed by atoms with Crippen molar-refractivity contribution in [3.8, 4) is 17.2 Å². The van der Waals surface area contributed by atoms with E-state index in [4.69, 9.17) is 20.8 Å². The summed E-state index contributed by atoms with van der Waals surface area (Å²) < 4.78 is 10.9. The summed E-state index contributed by atoms with van der Waals surface area (Å²) in [5.41, 5.74) is 2.96. The number of rotatable bonds is 5. The van der Waals surface area contributed by atoms with Gasteiger partial charge in [-0.3, -0.25) is 4.79 Å². The molecule has 1 aromatic heterocycles. The fourth-order valence-electron chi connectivity index (χ4n) is 2.24. The van der Waals surface area contributed by atoms with Crippen LogP contribution in [0, 0.1) is 13.8 Å². The highest BCUT2D eigenvalue weighted by atomic mass is 35.5. The number of benzene rings is 2. The molecule has 0 aliphatic heterocycles.